The highest BCUT2D eigenvalue weighted by atomic mass is 35.5. The van der Waals surface area contributed by atoms with Crippen LogP contribution in [0.3, 0.4) is 0 Å². The zero-order valence-corrected chi connectivity index (χ0v) is 9.64. The van der Waals surface area contributed by atoms with Crippen molar-refractivity contribution in [2.24, 2.45) is 0 Å². The molecule has 14 heavy (non-hydrogen) atoms. The Balaban J connectivity index is 2.55. The first-order valence-corrected chi connectivity index (χ1v) is 5.54. The molecule has 1 aromatic carbocycles. The Kier molecular flexibility index (Phi) is 4.75. The lowest BCUT2D eigenvalue weighted by Gasteiger charge is -2.02. The predicted molar refractivity (Wildman–Crippen MR) is 64.1 cm³/mol. The second kappa shape index (κ2) is 5.87. The smallest absolute Gasteiger partial charge is 0.0258 e. The van der Waals surface area contributed by atoms with Gasteiger partial charge in [-0.15, -0.1) is 11.6 Å². The first-order valence-electron chi connectivity index (χ1n) is 5.01. The molecule has 0 aliphatic rings. The van der Waals surface area contributed by atoms with Gasteiger partial charge in [-0.3, -0.25) is 0 Å². The summed E-state index contributed by atoms with van der Waals surface area (Å²) in [5.74, 6) is 0.712. The van der Waals surface area contributed by atoms with Gasteiger partial charge in [0.05, 0.1) is 0 Å². The van der Waals surface area contributed by atoms with Crippen molar-refractivity contribution >= 4 is 11.6 Å². The predicted octanol–water partition coefficient (Wildman–Crippen LogP) is 4.03. The van der Waals surface area contributed by atoms with Gasteiger partial charge in [-0.25, -0.2) is 0 Å². The third kappa shape index (κ3) is 3.55. The van der Waals surface area contributed by atoms with Crippen LogP contribution in [-0.4, -0.2) is 5.88 Å². The molecule has 1 rings (SSSR count). The van der Waals surface area contributed by atoms with Gasteiger partial charge in [0.15, 0.2) is 0 Å². The monoisotopic (exact) mass is 208 g/mol. The Hall–Kier alpha value is -0.750. The fourth-order valence-corrected chi connectivity index (χ4v) is 1.46. The van der Waals surface area contributed by atoms with Crippen LogP contribution in [0.2, 0.25) is 0 Å². The van der Waals surface area contributed by atoms with Crippen molar-refractivity contribution in [3.05, 3.63) is 47.0 Å². The van der Waals surface area contributed by atoms with E-state index in [9.17, 15) is 0 Å². The van der Waals surface area contributed by atoms with Crippen molar-refractivity contribution in [3.63, 3.8) is 0 Å². The standard InChI is InChI=1S/C13H17Cl/c1-11-7-8-13(10-12(11)2)6-4-3-5-9-14/h3-4,7-8,10H,5-6,9H2,1-2H3. The fourth-order valence-electron chi connectivity index (χ4n) is 1.33. The number of hydrogen-bond acceptors (Lipinski definition) is 0. The van der Waals surface area contributed by atoms with Crippen LogP contribution >= 0.6 is 11.6 Å². The highest BCUT2D eigenvalue weighted by Crippen LogP contribution is 2.10. The molecular weight excluding hydrogens is 192 g/mol. The number of allylic oxidation sites excluding steroid dienone is 2. The Morgan fingerprint density at radius 2 is 1.93 bits per heavy atom. The molecule has 0 bridgehead atoms. The van der Waals surface area contributed by atoms with Crippen molar-refractivity contribution in [3.8, 4) is 0 Å². The van der Waals surface area contributed by atoms with Gasteiger partial charge in [-0.1, -0.05) is 30.4 Å². The molecule has 0 aliphatic heterocycles. The first-order chi connectivity index (χ1) is 6.74. The lowest BCUT2D eigenvalue weighted by molar-refractivity contribution is 1.17. The molecule has 0 nitrogen and oxygen atoms in total. The van der Waals surface area contributed by atoms with Gasteiger partial charge in [0, 0.05) is 5.88 Å². The molecule has 1 aromatic rings. The van der Waals surface area contributed by atoms with Crippen LogP contribution < -0.4 is 0 Å². The largest absolute Gasteiger partial charge is 0.126 e. The Bertz CT molecular complexity index is 313. The highest BCUT2D eigenvalue weighted by molar-refractivity contribution is 6.17. The molecule has 0 amide bonds. The van der Waals surface area contributed by atoms with Gasteiger partial charge in [0.1, 0.15) is 0 Å². The van der Waals surface area contributed by atoms with Crippen LogP contribution in [0.15, 0.2) is 30.4 Å². The van der Waals surface area contributed by atoms with Crippen molar-refractivity contribution in [2.75, 3.05) is 5.88 Å². The van der Waals surface area contributed by atoms with Crippen LogP contribution in [0.5, 0.6) is 0 Å². The van der Waals surface area contributed by atoms with E-state index >= 15 is 0 Å². The SMILES string of the molecule is Cc1ccc(CC=CCCCl)cc1C. The van der Waals surface area contributed by atoms with Gasteiger partial charge in [-0.05, 0) is 43.4 Å². The van der Waals surface area contributed by atoms with Gasteiger partial charge >= 0.3 is 0 Å². The van der Waals surface area contributed by atoms with Crippen molar-refractivity contribution in [1.82, 2.24) is 0 Å². The summed E-state index contributed by atoms with van der Waals surface area (Å²) in [7, 11) is 0. The molecule has 0 N–H and O–H groups in total. The summed E-state index contributed by atoms with van der Waals surface area (Å²) >= 11 is 5.58. The van der Waals surface area contributed by atoms with E-state index in [4.69, 9.17) is 11.6 Å². The third-order valence-electron chi connectivity index (χ3n) is 2.37. The molecule has 1 heteroatoms. The summed E-state index contributed by atoms with van der Waals surface area (Å²) in [5, 5.41) is 0. The van der Waals surface area contributed by atoms with E-state index in [0.29, 0.717) is 5.88 Å². The van der Waals surface area contributed by atoms with E-state index in [2.05, 4.69) is 44.2 Å². The fraction of sp³-hybridized carbons (Fsp3) is 0.385. The number of benzene rings is 1. The minimum Gasteiger partial charge on any atom is -0.126 e. The maximum Gasteiger partial charge on any atom is 0.0258 e. The van der Waals surface area contributed by atoms with Crippen molar-refractivity contribution < 1.29 is 0 Å². The summed E-state index contributed by atoms with van der Waals surface area (Å²) in [6, 6.07) is 6.62. The van der Waals surface area contributed by atoms with Gasteiger partial charge in [-0.2, -0.15) is 0 Å². The summed E-state index contributed by atoms with van der Waals surface area (Å²) < 4.78 is 0. The second-order valence-corrected chi connectivity index (χ2v) is 3.95. The molecule has 0 heterocycles. The van der Waals surface area contributed by atoms with E-state index < -0.39 is 0 Å². The lowest BCUT2D eigenvalue weighted by atomic mass is 10.0. The molecule has 0 aliphatic carbocycles. The molecule has 0 saturated heterocycles. The number of hydrogen-bond donors (Lipinski definition) is 0. The Morgan fingerprint density at radius 1 is 1.14 bits per heavy atom. The van der Waals surface area contributed by atoms with Gasteiger partial charge in [0.25, 0.3) is 0 Å². The number of rotatable bonds is 4. The van der Waals surface area contributed by atoms with E-state index in [1.807, 2.05) is 0 Å². The van der Waals surface area contributed by atoms with Crippen LogP contribution in [0, 0.1) is 13.8 Å². The maximum absolute atomic E-state index is 5.58. The molecule has 0 spiro atoms. The molecule has 0 fully saturated rings. The lowest BCUT2D eigenvalue weighted by Crippen LogP contribution is -1.85. The molecule has 0 saturated carbocycles. The zero-order chi connectivity index (χ0) is 10.4. The van der Waals surface area contributed by atoms with Gasteiger partial charge < -0.3 is 0 Å². The summed E-state index contributed by atoms with van der Waals surface area (Å²) in [6.07, 6.45) is 6.30. The van der Waals surface area contributed by atoms with Crippen LogP contribution in [0.4, 0.5) is 0 Å². The topological polar surface area (TPSA) is 0 Å². The summed E-state index contributed by atoms with van der Waals surface area (Å²) in [6.45, 7) is 4.30. The molecule has 0 unspecified atom stereocenters. The second-order valence-electron chi connectivity index (χ2n) is 3.57. The molecule has 76 valence electrons. The number of halogens is 1. The van der Waals surface area contributed by atoms with Gasteiger partial charge in [0.2, 0.25) is 0 Å². The summed E-state index contributed by atoms with van der Waals surface area (Å²) in [4.78, 5) is 0. The van der Waals surface area contributed by atoms with Crippen molar-refractivity contribution in [1.29, 1.82) is 0 Å². The zero-order valence-electron chi connectivity index (χ0n) is 8.89. The van der Waals surface area contributed by atoms with Crippen LogP contribution in [-0.2, 0) is 6.42 Å². The van der Waals surface area contributed by atoms with E-state index in [1.165, 1.54) is 16.7 Å². The quantitative estimate of drug-likeness (QED) is 0.518. The normalized spacial score (nSPS) is 11.1. The van der Waals surface area contributed by atoms with Crippen molar-refractivity contribution in [2.45, 2.75) is 26.7 Å². The third-order valence-corrected chi connectivity index (χ3v) is 2.59. The molecule has 0 atom stereocenters. The highest BCUT2D eigenvalue weighted by Gasteiger charge is 1.93. The van der Waals surface area contributed by atoms with Crippen LogP contribution in [0.25, 0.3) is 0 Å². The van der Waals surface area contributed by atoms with E-state index in [-0.39, 0.29) is 0 Å². The molecule has 0 radical (unpaired) electrons. The summed E-state index contributed by atoms with van der Waals surface area (Å²) in [5.41, 5.74) is 4.10. The molecule has 0 aromatic heterocycles. The Morgan fingerprint density at radius 3 is 2.57 bits per heavy atom. The average Bonchev–Trinajstić information content (AvgIpc) is 2.18. The minimum absolute atomic E-state index is 0.712. The minimum atomic E-state index is 0.712. The first kappa shape index (κ1) is 11.3. The number of aryl methyl sites for hydroxylation is 2. The number of alkyl halides is 1. The molecular formula is C13H17Cl. The average molecular weight is 209 g/mol. The maximum atomic E-state index is 5.58. The van der Waals surface area contributed by atoms with E-state index in [0.717, 1.165) is 12.8 Å². The van der Waals surface area contributed by atoms with Crippen LogP contribution in [0.1, 0.15) is 23.1 Å². The Labute approximate surface area is 91.6 Å². The van der Waals surface area contributed by atoms with E-state index in [1.54, 1.807) is 0 Å².